The fraction of sp³-hybridized carbons (Fsp3) is 0. The van der Waals surface area contributed by atoms with Gasteiger partial charge in [-0.1, -0.05) is 15.9 Å². The number of rotatable bonds is 1. The van der Waals surface area contributed by atoms with Gasteiger partial charge in [-0.15, -0.1) is 0 Å². The van der Waals surface area contributed by atoms with E-state index in [1.807, 2.05) is 18.2 Å². The molecule has 0 unspecified atom stereocenters. The second kappa shape index (κ2) is 4.38. The Morgan fingerprint density at radius 2 is 1.83 bits per heavy atom. The number of aromatic nitrogens is 1. The average molecular weight is 302 g/mol. The van der Waals surface area contributed by atoms with Crippen molar-refractivity contribution in [2.75, 3.05) is 0 Å². The highest BCUT2D eigenvalue weighted by molar-refractivity contribution is 9.10. The van der Waals surface area contributed by atoms with Crippen molar-refractivity contribution in [2.24, 2.45) is 0 Å². The molecule has 88 valence electrons. The van der Waals surface area contributed by atoms with Gasteiger partial charge in [0.25, 0.3) is 0 Å². The molecular weight excluding hydrogens is 294 g/mol. The number of nitrogens with zero attached hydrogens (tertiary/aromatic N) is 1. The number of hydrogen-bond acceptors (Lipinski definition) is 3. The molecule has 0 amide bonds. The average Bonchev–Trinajstić information content (AvgIpc) is 2.39. The number of benzene rings is 1. The van der Waals surface area contributed by atoms with Crippen LogP contribution >= 0.6 is 15.9 Å². The Morgan fingerprint density at radius 1 is 1.06 bits per heavy atom. The molecule has 0 saturated carbocycles. The lowest BCUT2D eigenvalue weighted by atomic mass is 10.1. The monoisotopic (exact) mass is 301 g/mol. The van der Waals surface area contributed by atoms with E-state index in [0.29, 0.717) is 16.7 Å². The van der Waals surface area contributed by atoms with Crippen LogP contribution in [-0.4, -0.2) is 4.98 Å². The maximum absolute atomic E-state index is 12.0. The molecule has 0 spiro atoms. The van der Waals surface area contributed by atoms with Gasteiger partial charge in [0.15, 0.2) is 5.43 Å². The fourth-order valence-corrected chi connectivity index (χ4v) is 2.13. The van der Waals surface area contributed by atoms with Crippen LogP contribution in [0.3, 0.4) is 0 Å². The van der Waals surface area contributed by atoms with Crippen LogP contribution in [0.2, 0.25) is 0 Å². The molecule has 0 fully saturated rings. The minimum Gasteiger partial charge on any atom is -0.456 e. The molecule has 2 heterocycles. The first-order valence-corrected chi connectivity index (χ1v) is 6.17. The maximum atomic E-state index is 12.0. The maximum Gasteiger partial charge on any atom is 0.193 e. The highest BCUT2D eigenvalue weighted by Crippen LogP contribution is 2.23. The molecule has 3 nitrogen and oxygen atoms in total. The number of pyridine rings is 1. The van der Waals surface area contributed by atoms with Gasteiger partial charge in [0.2, 0.25) is 0 Å². The van der Waals surface area contributed by atoms with Crippen molar-refractivity contribution in [2.45, 2.75) is 0 Å². The standard InChI is InChI=1S/C14H8BrNO2/c15-10-1-2-11-12(17)8-13(18-14(11)7-10)9-3-5-16-6-4-9/h1-8H. The van der Waals surface area contributed by atoms with Gasteiger partial charge in [0.05, 0.1) is 5.39 Å². The molecule has 0 aliphatic rings. The molecule has 3 rings (SSSR count). The summed E-state index contributed by atoms with van der Waals surface area (Å²) in [6.45, 7) is 0. The van der Waals surface area contributed by atoms with Gasteiger partial charge in [0, 0.05) is 28.5 Å². The Labute approximate surface area is 111 Å². The van der Waals surface area contributed by atoms with E-state index in [9.17, 15) is 4.79 Å². The zero-order chi connectivity index (χ0) is 12.5. The van der Waals surface area contributed by atoms with E-state index in [4.69, 9.17) is 4.42 Å². The van der Waals surface area contributed by atoms with E-state index in [0.717, 1.165) is 10.0 Å². The van der Waals surface area contributed by atoms with Crippen LogP contribution < -0.4 is 5.43 Å². The predicted molar refractivity (Wildman–Crippen MR) is 73.4 cm³/mol. The van der Waals surface area contributed by atoms with Crippen molar-refractivity contribution in [3.63, 3.8) is 0 Å². The summed E-state index contributed by atoms with van der Waals surface area (Å²) in [6.07, 6.45) is 3.33. The van der Waals surface area contributed by atoms with Gasteiger partial charge >= 0.3 is 0 Å². The van der Waals surface area contributed by atoms with Gasteiger partial charge in [-0.25, -0.2) is 0 Å². The SMILES string of the molecule is O=c1cc(-c2ccncc2)oc2cc(Br)ccc12. The lowest BCUT2D eigenvalue weighted by Crippen LogP contribution is -2.00. The summed E-state index contributed by atoms with van der Waals surface area (Å²) in [4.78, 5) is 15.9. The second-order valence-electron chi connectivity index (χ2n) is 3.85. The van der Waals surface area contributed by atoms with Crippen LogP contribution in [0.4, 0.5) is 0 Å². The highest BCUT2D eigenvalue weighted by atomic mass is 79.9. The molecule has 3 aromatic rings. The normalized spacial score (nSPS) is 10.7. The lowest BCUT2D eigenvalue weighted by Gasteiger charge is -2.03. The minimum atomic E-state index is -0.0458. The molecule has 0 aliphatic heterocycles. The van der Waals surface area contributed by atoms with Crippen LogP contribution in [0.5, 0.6) is 0 Å². The molecule has 0 bridgehead atoms. The van der Waals surface area contributed by atoms with Crippen LogP contribution in [-0.2, 0) is 0 Å². The van der Waals surface area contributed by atoms with Gasteiger partial charge in [-0.3, -0.25) is 9.78 Å². The van der Waals surface area contributed by atoms with E-state index in [1.165, 1.54) is 6.07 Å². The number of fused-ring (bicyclic) bond motifs is 1. The third kappa shape index (κ3) is 1.95. The predicted octanol–water partition coefficient (Wildman–Crippen LogP) is 3.62. The van der Waals surface area contributed by atoms with Gasteiger partial charge < -0.3 is 4.42 Å². The van der Waals surface area contributed by atoms with Crippen molar-refractivity contribution < 1.29 is 4.42 Å². The van der Waals surface area contributed by atoms with Crippen LogP contribution in [0, 0.1) is 0 Å². The molecule has 0 saturated heterocycles. The van der Waals surface area contributed by atoms with Crippen LogP contribution in [0.25, 0.3) is 22.3 Å². The van der Waals surface area contributed by atoms with Crippen molar-refractivity contribution in [1.82, 2.24) is 4.98 Å². The minimum absolute atomic E-state index is 0.0458. The van der Waals surface area contributed by atoms with E-state index in [1.54, 1.807) is 24.5 Å². The lowest BCUT2D eigenvalue weighted by molar-refractivity contribution is 0.618. The van der Waals surface area contributed by atoms with Crippen molar-refractivity contribution in [1.29, 1.82) is 0 Å². The summed E-state index contributed by atoms with van der Waals surface area (Å²) in [5.41, 5.74) is 1.36. The number of hydrogen-bond donors (Lipinski definition) is 0. The Morgan fingerprint density at radius 3 is 2.61 bits per heavy atom. The van der Waals surface area contributed by atoms with Crippen molar-refractivity contribution >= 4 is 26.9 Å². The van der Waals surface area contributed by atoms with Crippen LogP contribution in [0.1, 0.15) is 0 Å². The topological polar surface area (TPSA) is 43.1 Å². The molecule has 2 aromatic heterocycles. The molecule has 18 heavy (non-hydrogen) atoms. The Balaban J connectivity index is 2.30. The van der Waals surface area contributed by atoms with Gasteiger partial charge in [0.1, 0.15) is 11.3 Å². The Hall–Kier alpha value is -1.94. The summed E-state index contributed by atoms with van der Waals surface area (Å²) in [6, 6.07) is 10.5. The van der Waals surface area contributed by atoms with E-state index in [2.05, 4.69) is 20.9 Å². The molecule has 0 atom stereocenters. The quantitative estimate of drug-likeness (QED) is 0.689. The zero-order valence-electron chi connectivity index (χ0n) is 9.26. The van der Waals surface area contributed by atoms with Crippen molar-refractivity contribution in [3.8, 4) is 11.3 Å². The van der Waals surface area contributed by atoms with Gasteiger partial charge in [-0.2, -0.15) is 0 Å². The summed E-state index contributed by atoms with van der Waals surface area (Å²) in [5, 5.41) is 0.580. The fourth-order valence-electron chi connectivity index (χ4n) is 1.79. The van der Waals surface area contributed by atoms with Crippen molar-refractivity contribution in [3.05, 3.63) is 63.5 Å². The zero-order valence-corrected chi connectivity index (χ0v) is 10.8. The van der Waals surface area contributed by atoms with Crippen LogP contribution in [0.15, 0.2) is 62.5 Å². The smallest absolute Gasteiger partial charge is 0.193 e. The van der Waals surface area contributed by atoms with E-state index >= 15 is 0 Å². The van der Waals surface area contributed by atoms with Gasteiger partial charge in [-0.05, 0) is 30.3 Å². The first kappa shape index (κ1) is 11.2. The second-order valence-corrected chi connectivity index (χ2v) is 4.77. The first-order chi connectivity index (χ1) is 8.74. The van der Waals surface area contributed by atoms with E-state index < -0.39 is 0 Å². The molecule has 1 aromatic carbocycles. The largest absolute Gasteiger partial charge is 0.456 e. The highest BCUT2D eigenvalue weighted by Gasteiger charge is 2.06. The molecule has 0 radical (unpaired) electrons. The summed E-state index contributed by atoms with van der Waals surface area (Å²) in [7, 11) is 0. The third-order valence-corrected chi connectivity index (χ3v) is 3.15. The Kier molecular flexibility index (Phi) is 2.72. The summed E-state index contributed by atoms with van der Waals surface area (Å²) in [5.74, 6) is 0.549. The summed E-state index contributed by atoms with van der Waals surface area (Å²) < 4.78 is 6.63. The third-order valence-electron chi connectivity index (χ3n) is 2.66. The molecule has 4 heteroatoms. The first-order valence-electron chi connectivity index (χ1n) is 5.38. The van der Waals surface area contributed by atoms with E-state index in [-0.39, 0.29) is 5.43 Å². The Bertz CT molecular complexity index is 766. The number of halogens is 1. The molecule has 0 N–H and O–H groups in total. The summed E-state index contributed by atoms with van der Waals surface area (Å²) >= 11 is 3.37. The molecular formula is C14H8BrNO2. The molecule has 0 aliphatic carbocycles.